The predicted octanol–water partition coefficient (Wildman–Crippen LogP) is 3.49. The molecule has 0 amide bonds. The predicted molar refractivity (Wildman–Crippen MR) is 116 cm³/mol. The third-order valence-electron chi connectivity index (χ3n) is 5.14. The summed E-state index contributed by atoms with van der Waals surface area (Å²) in [4.78, 5) is 17.6. The van der Waals surface area contributed by atoms with Crippen molar-refractivity contribution in [2.75, 3.05) is 26.2 Å². The van der Waals surface area contributed by atoms with Crippen LogP contribution in [0.1, 0.15) is 36.9 Å². The standard InChI is InChI=1S/C22H29N5O2/c1-2-23-22(24-16-18-10-12-20(13-11-18)27(28)29)25-17-21(26-14-6-7-15-26)19-8-4-3-5-9-19/h3-5,8-13,21H,2,6-7,14-17H2,1H3,(H2,23,24,25). The van der Waals surface area contributed by atoms with Gasteiger partial charge in [-0.15, -0.1) is 0 Å². The summed E-state index contributed by atoms with van der Waals surface area (Å²) in [6, 6.07) is 17.4. The Kier molecular flexibility index (Phi) is 7.58. The fraction of sp³-hybridized carbons (Fsp3) is 0.409. The van der Waals surface area contributed by atoms with Crippen molar-refractivity contribution in [2.45, 2.75) is 32.4 Å². The van der Waals surface area contributed by atoms with E-state index in [0.717, 1.165) is 37.7 Å². The van der Waals surface area contributed by atoms with Crippen molar-refractivity contribution in [3.63, 3.8) is 0 Å². The Hall–Kier alpha value is -2.93. The van der Waals surface area contributed by atoms with E-state index in [9.17, 15) is 10.1 Å². The van der Waals surface area contributed by atoms with E-state index >= 15 is 0 Å². The molecule has 2 N–H and O–H groups in total. The lowest BCUT2D eigenvalue weighted by atomic mass is 10.1. The van der Waals surface area contributed by atoms with Gasteiger partial charge < -0.3 is 10.6 Å². The number of hydrogen-bond donors (Lipinski definition) is 2. The molecule has 3 rings (SSSR count). The SMILES string of the molecule is CCNC(=NCc1ccc([N+](=O)[O-])cc1)NCC(c1ccccc1)N1CCCC1. The van der Waals surface area contributed by atoms with Crippen molar-refractivity contribution in [3.05, 3.63) is 75.8 Å². The third-order valence-corrected chi connectivity index (χ3v) is 5.14. The largest absolute Gasteiger partial charge is 0.357 e. The molecule has 1 fully saturated rings. The van der Waals surface area contributed by atoms with Crippen LogP contribution in [0.15, 0.2) is 59.6 Å². The van der Waals surface area contributed by atoms with Crippen LogP contribution in [0.4, 0.5) is 5.69 Å². The summed E-state index contributed by atoms with van der Waals surface area (Å²) in [5, 5.41) is 17.6. The van der Waals surface area contributed by atoms with Gasteiger partial charge in [-0.25, -0.2) is 4.99 Å². The lowest BCUT2D eigenvalue weighted by Gasteiger charge is -2.29. The molecular formula is C22H29N5O2. The van der Waals surface area contributed by atoms with Gasteiger partial charge in [0.1, 0.15) is 0 Å². The number of aliphatic imine (C=N–C) groups is 1. The van der Waals surface area contributed by atoms with Crippen LogP contribution >= 0.6 is 0 Å². The van der Waals surface area contributed by atoms with E-state index in [4.69, 9.17) is 0 Å². The van der Waals surface area contributed by atoms with Crippen LogP contribution in [-0.2, 0) is 6.54 Å². The molecule has 1 aliphatic rings. The number of guanidine groups is 1. The third kappa shape index (κ3) is 6.02. The minimum Gasteiger partial charge on any atom is -0.357 e. The minimum atomic E-state index is -0.388. The highest BCUT2D eigenvalue weighted by atomic mass is 16.6. The van der Waals surface area contributed by atoms with Gasteiger partial charge in [0, 0.05) is 25.2 Å². The van der Waals surface area contributed by atoms with Crippen molar-refractivity contribution in [1.29, 1.82) is 0 Å². The van der Waals surface area contributed by atoms with Gasteiger partial charge in [-0.2, -0.15) is 0 Å². The average Bonchev–Trinajstić information content (AvgIpc) is 3.27. The van der Waals surface area contributed by atoms with Gasteiger partial charge in [0.25, 0.3) is 5.69 Å². The number of benzene rings is 2. The summed E-state index contributed by atoms with van der Waals surface area (Å²) in [6.45, 7) is 6.29. The zero-order valence-corrected chi connectivity index (χ0v) is 16.9. The number of nitro benzene ring substituents is 1. The molecule has 2 aromatic rings. The van der Waals surface area contributed by atoms with Crippen LogP contribution < -0.4 is 10.6 Å². The van der Waals surface area contributed by atoms with Gasteiger partial charge in [-0.1, -0.05) is 42.5 Å². The molecule has 0 saturated carbocycles. The molecule has 29 heavy (non-hydrogen) atoms. The van der Waals surface area contributed by atoms with Gasteiger partial charge in [0.2, 0.25) is 0 Å². The fourth-order valence-corrected chi connectivity index (χ4v) is 3.61. The summed E-state index contributed by atoms with van der Waals surface area (Å²) in [5.41, 5.74) is 2.35. The smallest absolute Gasteiger partial charge is 0.269 e. The molecule has 0 spiro atoms. The summed E-state index contributed by atoms with van der Waals surface area (Å²) < 4.78 is 0. The highest BCUT2D eigenvalue weighted by molar-refractivity contribution is 5.79. The number of nitrogens with zero attached hydrogens (tertiary/aromatic N) is 3. The first kappa shape index (κ1) is 20.8. The van der Waals surface area contributed by atoms with Crippen molar-refractivity contribution in [3.8, 4) is 0 Å². The molecule has 0 bridgehead atoms. The highest BCUT2D eigenvalue weighted by Gasteiger charge is 2.23. The lowest BCUT2D eigenvalue weighted by molar-refractivity contribution is -0.384. The molecule has 1 saturated heterocycles. The second-order valence-electron chi connectivity index (χ2n) is 7.17. The first-order valence-electron chi connectivity index (χ1n) is 10.2. The van der Waals surface area contributed by atoms with Gasteiger partial charge in [-0.05, 0) is 44.0 Å². The minimum absolute atomic E-state index is 0.0964. The Morgan fingerprint density at radius 1 is 1.10 bits per heavy atom. The first-order valence-corrected chi connectivity index (χ1v) is 10.2. The summed E-state index contributed by atoms with van der Waals surface area (Å²) in [5.74, 6) is 0.756. The summed E-state index contributed by atoms with van der Waals surface area (Å²) in [6.07, 6.45) is 2.50. The van der Waals surface area contributed by atoms with E-state index in [1.807, 2.05) is 13.0 Å². The van der Waals surface area contributed by atoms with E-state index in [0.29, 0.717) is 12.6 Å². The molecule has 7 nitrogen and oxygen atoms in total. The number of non-ortho nitro benzene ring substituents is 1. The molecule has 1 heterocycles. The van der Waals surface area contributed by atoms with E-state index < -0.39 is 0 Å². The van der Waals surface area contributed by atoms with Crippen molar-refractivity contribution < 1.29 is 4.92 Å². The summed E-state index contributed by atoms with van der Waals surface area (Å²) in [7, 11) is 0. The Bertz CT molecular complexity index is 802. The van der Waals surface area contributed by atoms with E-state index in [2.05, 4.69) is 44.8 Å². The number of hydrogen-bond acceptors (Lipinski definition) is 4. The quantitative estimate of drug-likeness (QED) is 0.309. The van der Waals surface area contributed by atoms with Crippen LogP contribution in [0.25, 0.3) is 0 Å². The van der Waals surface area contributed by atoms with Crippen LogP contribution in [0.5, 0.6) is 0 Å². The first-order chi connectivity index (χ1) is 14.2. The van der Waals surface area contributed by atoms with Crippen LogP contribution in [0.2, 0.25) is 0 Å². The Morgan fingerprint density at radius 3 is 2.41 bits per heavy atom. The Labute approximate surface area is 172 Å². The van der Waals surface area contributed by atoms with E-state index in [1.54, 1.807) is 12.1 Å². The number of nitrogens with one attached hydrogen (secondary N) is 2. The molecule has 2 aromatic carbocycles. The van der Waals surface area contributed by atoms with E-state index in [-0.39, 0.29) is 10.6 Å². The molecule has 0 radical (unpaired) electrons. The maximum absolute atomic E-state index is 10.8. The lowest BCUT2D eigenvalue weighted by Crippen LogP contribution is -2.42. The molecule has 7 heteroatoms. The zero-order valence-electron chi connectivity index (χ0n) is 16.9. The maximum Gasteiger partial charge on any atom is 0.269 e. The van der Waals surface area contributed by atoms with Crippen molar-refractivity contribution in [2.24, 2.45) is 4.99 Å². The molecule has 0 aliphatic carbocycles. The maximum atomic E-state index is 10.8. The fourth-order valence-electron chi connectivity index (χ4n) is 3.61. The second kappa shape index (κ2) is 10.6. The van der Waals surface area contributed by atoms with Gasteiger partial charge >= 0.3 is 0 Å². The van der Waals surface area contributed by atoms with Crippen LogP contribution in [-0.4, -0.2) is 42.0 Å². The molecule has 1 atom stereocenters. The normalized spacial score (nSPS) is 15.8. The topological polar surface area (TPSA) is 82.8 Å². The van der Waals surface area contributed by atoms with Crippen LogP contribution in [0, 0.1) is 10.1 Å². The molecule has 0 aromatic heterocycles. The monoisotopic (exact) mass is 395 g/mol. The number of nitro groups is 1. The average molecular weight is 396 g/mol. The summed E-state index contributed by atoms with van der Waals surface area (Å²) >= 11 is 0. The number of rotatable bonds is 8. The van der Waals surface area contributed by atoms with Gasteiger partial charge in [-0.3, -0.25) is 15.0 Å². The highest BCUT2D eigenvalue weighted by Crippen LogP contribution is 2.24. The number of likely N-dealkylation sites (tertiary alicyclic amines) is 1. The van der Waals surface area contributed by atoms with Crippen molar-refractivity contribution in [1.82, 2.24) is 15.5 Å². The molecule has 1 aliphatic heterocycles. The van der Waals surface area contributed by atoms with Crippen molar-refractivity contribution >= 4 is 11.6 Å². The molecule has 154 valence electrons. The van der Waals surface area contributed by atoms with E-state index in [1.165, 1.54) is 30.5 Å². The second-order valence-corrected chi connectivity index (χ2v) is 7.17. The van der Waals surface area contributed by atoms with Gasteiger partial charge in [0.05, 0.1) is 17.5 Å². The molecular weight excluding hydrogens is 366 g/mol. The van der Waals surface area contributed by atoms with Gasteiger partial charge in [0.15, 0.2) is 5.96 Å². The molecule has 1 unspecified atom stereocenters. The Morgan fingerprint density at radius 2 is 1.79 bits per heavy atom. The van der Waals surface area contributed by atoms with Crippen LogP contribution in [0.3, 0.4) is 0 Å². The zero-order chi connectivity index (χ0) is 20.5. The Balaban J connectivity index is 1.66.